The van der Waals surface area contributed by atoms with Gasteiger partial charge in [0.25, 0.3) is 0 Å². The number of nitrogens with one attached hydrogen (secondary N) is 1. The second-order valence-electron chi connectivity index (χ2n) is 4.94. The predicted molar refractivity (Wildman–Crippen MR) is 71.1 cm³/mol. The lowest BCUT2D eigenvalue weighted by Gasteiger charge is -2.42. The highest BCUT2D eigenvalue weighted by Gasteiger charge is 2.33. The zero-order valence-corrected chi connectivity index (χ0v) is 11.1. The lowest BCUT2D eigenvalue weighted by atomic mass is 9.77. The van der Waals surface area contributed by atoms with Crippen molar-refractivity contribution in [3.63, 3.8) is 0 Å². The average molecular weight is 281 g/mol. The fraction of sp³-hybridized carbons (Fsp3) is 0.538. The molecule has 0 bridgehead atoms. The first-order valence-corrected chi connectivity index (χ1v) is 6.76. The molecule has 2 unspecified atom stereocenters. The minimum absolute atomic E-state index is 0.755. The first-order valence-electron chi connectivity index (χ1n) is 5.97. The summed E-state index contributed by atoms with van der Waals surface area (Å²) in [6.07, 6.45) is 1.28. The van der Waals surface area contributed by atoms with Gasteiger partial charge in [-0.15, -0.1) is 0 Å². The predicted octanol–water partition coefficient (Wildman–Crippen LogP) is 2.59. The number of hydrogen-bond donors (Lipinski definition) is 1. The molecule has 16 heavy (non-hydrogen) atoms. The molecule has 0 aliphatic carbocycles. The number of benzene rings is 1. The van der Waals surface area contributed by atoms with Gasteiger partial charge in [-0.25, -0.2) is 0 Å². The largest absolute Gasteiger partial charge is 0.374 e. The Morgan fingerprint density at radius 1 is 1.44 bits per heavy atom. The molecular formula is C13H17BrN2. The van der Waals surface area contributed by atoms with Crippen molar-refractivity contribution in [1.82, 2.24) is 5.32 Å². The van der Waals surface area contributed by atoms with Crippen molar-refractivity contribution in [2.24, 2.45) is 5.92 Å². The fourth-order valence-corrected chi connectivity index (χ4v) is 3.52. The van der Waals surface area contributed by atoms with E-state index in [2.05, 4.69) is 51.4 Å². The SMILES string of the molecule is CN1CC2CNCCC2c2cc(Br)ccc21. The van der Waals surface area contributed by atoms with Crippen LogP contribution >= 0.6 is 15.9 Å². The lowest BCUT2D eigenvalue weighted by molar-refractivity contribution is 0.318. The Morgan fingerprint density at radius 3 is 3.19 bits per heavy atom. The van der Waals surface area contributed by atoms with Gasteiger partial charge in [-0.1, -0.05) is 15.9 Å². The van der Waals surface area contributed by atoms with Gasteiger partial charge >= 0.3 is 0 Å². The minimum Gasteiger partial charge on any atom is -0.374 e. The van der Waals surface area contributed by atoms with E-state index in [4.69, 9.17) is 0 Å². The topological polar surface area (TPSA) is 15.3 Å². The van der Waals surface area contributed by atoms with E-state index >= 15 is 0 Å². The number of halogens is 1. The van der Waals surface area contributed by atoms with Crippen LogP contribution in [0.5, 0.6) is 0 Å². The molecule has 2 aliphatic rings. The molecule has 3 heteroatoms. The van der Waals surface area contributed by atoms with Crippen LogP contribution in [0.1, 0.15) is 17.9 Å². The average Bonchev–Trinajstić information content (AvgIpc) is 2.29. The molecule has 0 spiro atoms. The summed E-state index contributed by atoms with van der Waals surface area (Å²) in [5.74, 6) is 1.53. The van der Waals surface area contributed by atoms with E-state index in [0.29, 0.717) is 0 Å². The van der Waals surface area contributed by atoms with Crippen LogP contribution in [-0.2, 0) is 0 Å². The molecule has 1 N–H and O–H groups in total. The van der Waals surface area contributed by atoms with Gasteiger partial charge in [0.2, 0.25) is 0 Å². The maximum Gasteiger partial charge on any atom is 0.0400 e. The normalized spacial score (nSPS) is 28.5. The number of piperidine rings is 1. The maximum absolute atomic E-state index is 3.59. The molecule has 1 saturated heterocycles. The molecule has 86 valence electrons. The van der Waals surface area contributed by atoms with Crippen LogP contribution in [0.2, 0.25) is 0 Å². The van der Waals surface area contributed by atoms with Crippen LogP contribution in [0.4, 0.5) is 5.69 Å². The number of fused-ring (bicyclic) bond motifs is 3. The molecule has 1 aromatic carbocycles. The van der Waals surface area contributed by atoms with Crippen LogP contribution < -0.4 is 10.2 Å². The van der Waals surface area contributed by atoms with E-state index in [9.17, 15) is 0 Å². The highest BCUT2D eigenvalue weighted by atomic mass is 79.9. The molecule has 3 rings (SSSR count). The lowest BCUT2D eigenvalue weighted by Crippen LogP contribution is -2.44. The summed E-state index contributed by atoms with van der Waals surface area (Å²) < 4.78 is 1.21. The first kappa shape index (κ1) is 10.6. The zero-order valence-electron chi connectivity index (χ0n) is 9.54. The van der Waals surface area contributed by atoms with Crippen LogP contribution in [0.25, 0.3) is 0 Å². The third kappa shape index (κ3) is 1.66. The maximum atomic E-state index is 3.59. The van der Waals surface area contributed by atoms with E-state index in [1.165, 1.54) is 35.2 Å². The molecule has 2 nitrogen and oxygen atoms in total. The minimum atomic E-state index is 0.755. The highest BCUT2D eigenvalue weighted by Crippen LogP contribution is 2.41. The molecule has 0 amide bonds. The summed E-state index contributed by atoms with van der Waals surface area (Å²) in [6, 6.07) is 6.71. The Hall–Kier alpha value is -0.540. The van der Waals surface area contributed by atoms with E-state index in [0.717, 1.165) is 18.4 Å². The molecule has 2 heterocycles. The summed E-state index contributed by atoms with van der Waals surface area (Å²) in [5, 5.41) is 3.51. The molecule has 1 fully saturated rings. The van der Waals surface area contributed by atoms with Gasteiger partial charge in [-0.2, -0.15) is 0 Å². The van der Waals surface area contributed by atoms with Crippen LogP contribution in [-0.4, -0.2) is 26.7 Å². The van der Waals surface area contributed by atoms with Crippen molar-refractivity contribution in [1.29, 1.82) is 0 Å². The van der Waals surface area contributed by atoms with Crippen molar-refractivity contribution < 1.29 is 0 Å². The van der Waals surface area contributed by atoms with Crippen molar-refractivity contribution in [2.45, 2.75) is 12.3 Å². The van der Waals surface area contributed by atoms with E-state index in [1.54, 1.807) is 0 Å². The summed E-state index contributed by atoms with van der Waals surface area (Å²) in [5.41, 5.74) is 2.96. The monoisotopic (exact) mass is 280 g/mol. The van der Waals surface area contributed by atoms with Gasteiger partial charge < -0.3 is 10.2 Å². The number of hydrogen-bond acceptors (Lipinski definition) is 2. The Labute approximate surface area is 105 Å². The third-order valence-electron chi connectivity index (χ3n) is 3.92. The summed E-state index contributed by atoms with van der Waals surface area (Å²) in [4.78, 5) is 2.40. The summed E-state index contributed by atoms with van der Waals surface area (Å²) in [6.45, 7) is 3.52. The molecule has 2 aliphatic heterocycles. The zero-order chi connectivity index (χ0) is 11.1. The standard InChI is InChI=1S/C13H17BrN2/c1-16-8-9-7-15-5-4-11(9)12-6-10(14)2-3-13(12)16/h2-3,6,9,11,15H,4-5,7-8H2,1H3. The molecule has 2 atom stereocenters. The van der Waals surface area contributed by atoms with Gasteiger partial charge in [0.1, 0.15) is 0 Å². The second kappa shape index (κ2) is 4.04. The third-order valence-corrected chi connectivity index (χ3v) is 4.41. The van der Waals surface area contributed by atoms with E-state index in [-0.39, 0.29) is 0 Å². The Bertz CT molecular complexity index is 405. The Kier molecular flexibility index (Phi) is 2.68. The van der Waals surface area contributed by atoms with Crippen molar-refractivity contribution in [2.75, 3.05) is 31.6 Å². The van der Waals surface area contributed by atoms with E-state index in [1.807, 2.05) is 0 Å². The van der Waals surface area contributed by atoms with Gasteiger partial charge in [0.05, 0.1) is 0 Å². The Balaban J connectivity index is 2.05. The molecule has 0 aromatic heterocycles. The summed E-state index contributed by atoms with van der Waals surface area (Å²) in [7, 11) is 2.21. The first-order chi connectivity index (χ1) is 7.75. The second-order valence-corrected chi connectivity index (χ2v) is 5.86. The van der Waals surface area contributed by atoms with Gasteiger partial charge in [-0.3, -0.25) is 0 Å². The van der Waals surface area contributed by atoms with Gasteiger partial charge in [-0.05, 0) is 48.6 Å². The van der Waals surface area contributed by atoms with Gasteiger partial charge in [0.15, 0.2) is 0 Å². The number of rotatable bonds is 0. The van der Waals surface area contributed by atoms with Crippen LogP contribution in [0, 0.1) is 5.92 Å². The van der Waals surface area contributed by atoms with Crippen LogP contribution in [0.15, 0.2) is 22.7 Å². The van der Waals surface area contributed by atoms with Crippen molar-refractivity contribution in [3.8, 4) is 0 Å². The molecule has 0 saturated carbocycles. The Morgan fingerprint density at radius 2 is 2.31 bits per heavy atom. The highest BCUT2D eigenvalue weighted by molar-refractivity contribution is 9.10. The summed E-state index contributed by atoms with van der Waals surface area (Å²) >= 11 is 3.59. The molecule has 0 radical (unpaired) electrons. The fourth-order valence-electron chi connectivity index (χ4n) is 3.14. The molecule has 1 aromatic rings. The van der Waals surface area contributed by atoms with Gasteiger partial charge in [0, 0.05) is 30.3 Å². The number of anilines is 1. The molecular weight excluding hydrogens is 264 g/mol. The van der Waals surface area contributed by atoms with E-state index < -0.39 is 0 Å². The smallest absolute Gasteiger partial charge is 0.0400 e. The quantitative estimate of drug-likeness (QED) is 0.786. The van der Waals surface area contributed by atoms with Crippen molar-refractivity contribution in [3.05, 3.63) is 28.2 Å². The number of nitrogens with zero attached hydrogens (tertiary/aromatic N) is 1. The van der Waals surface area contributed by atoms with Crippen LogP contribution in [0.3, 0.4) is 0 Å². The van der Waals surface area contributed by atoms with Crippen molar-refractivity contribution >= 4 is 21.6 Å².